The Morgan fingerprint density at radius 1 is 1.44 bits per heavy atom. The smallest absolute Gasteiger partial charge is 0.269 e. The van der Waals surface area contributed by atoms with Crippen LogP contribution < -0.4 is 5.32 Å². The number of amides is 2. The van der Waals surface area contributed by atoms with Crippen LogP contribution in [-0.4, -0.2) is 58.3 Å². The highest BCUT2D eigenvalue weighted by Gasteiger charge is 2.56. The Morgan fingerprint density at radius 2 is 2.20 bits per heavy atom. The zero-order chi connectivity index (χ0) is 17.6. The summed E-state index contributed by atoms with van der Waals surface area (Å²) >= 11 is 0. The van der Waals surface area contributed by atoms with Crippen LogP contribution in [0.3, 0.4) is 0 Å². The quantitative estimate of drug-likeness (QED) is 0.856. The number of likely N-dealkylation sites (tertiary alicyclic amines) is 1. The molecule has 1 saturated carbocycles. The molecular formula is C18H26N4O3. The van der Waals surface area contributed by atoms with Gasteiger partial charge in [-0.1, -0.05) is 6.92 Å². The molecule has 3 aliphatic rings. The van der Waals surface area contributed by atoms with Crippen LogP contribution in [0.5, 0.6) is 0 Å². The predicted octanol–water partition coefficient (Wildman–Crippen LogP) is 0.813. The Kier molecular flexibility index (Phi) is 4.06. The molecule has 0 bridgehead atoms. The van der Waals surface area contributed by atoms with Gasteiger partial charge in [0.05, 0.1) is 13.1 Å². The molecule has 1 N–H and O–H groups in total. The summed E-state index contributed by atoms with van der Waals surface area (Å²) < 4.78 is 7.60. The van der Waals surface area contributed by atoms with Crippen molar-refractivity contribution in [3.05, 3.63) is 18.0 Å². The first-order valence-corrected chi connectivity index (χ1v) is 9.19. The summed E-state index contributed by atoms with van der Waals surface area (Å²) in [6.07, 6.45) is 4.54. The minimum absolute atomic E-state index is 0.0962. The number of rotatable bonds is 5. The summed E-state index contributed by atoms with van der Waals surface area (Å²) in [5.74, 6) is 1.40. The van der Waals surface area contributed by atoms with Gasteiger partial charge in [-0.05, 0) is 37.2 Å². The van der Waals surface area contributed by atoms with Gasteiger partial charge in [0.25, 0.3) is 5.91 Å². The molecule has 1 aliphatic carbocycles. The maximum absolute atomic E-state index is 12.3. The third kappa shape index (κ3) is 2.94. The lowest BCUT2D eigenvalue weighted by atomic mass is 9.78. The molecule has 0 aromatic carbocycles. The first-order valence-electron chi connectivity index (χ1n) is 9.19. The van der Waals surface area contributed by atoms with Gasteiger partial charge in [-0.25, -0.2) is 0 Å². The number of aromatic nitrogens is 2. The minimum atomic E-state index is -0.176. The number of aryl methyl sites for hydroxylation is 1. The Bertz CT molecular complexity index is 680. The van der Waals surface area contributed by atoms with E-state index in [0.29, 0.717) is 30.0 Å². The van der Waals surface area contributed by atoms with Gasteiger partial charge in [0.2, 0.25) is 5.91 Å². The number of carbonyl (C=O) groups excluding carboxylic acids is 2. The van der Waals surface area contributed by atoms with E-state index in [-0.39, 0.29) is 17.4 Å². The fourth-order valence-corrected chi connectivity index (χ4v) is 4.25. The lowest BCUT2D eigenvalue weighted by Gasteiger charge is -2.50. The highest BCUT2D eigenvalue weighted by molar-refractivity contribution is 5.92. The van der Waals surface area contributed by atoms with Crippen LogP contribution in [0, 0.1) is 17.8 Å². The molecule has 1 aromatic heterocycles. The van der Waals surface area contributed by atoms with Gasteiger partial charge in [0, 0.05) is 32.3 Å². The molecule has 136 valence electrons. The maximum Gasteiger partial charge on any atom is 0.269 e. The molecule has 7 heteroatoms. The van der Waals surface area contributed by atoms with Crippen molar-refractivity contribution in [2.24, 2.45) is 24.8 Å². The fourth-order valence-electron chi connectivity index (χ4n) is 4.25. The topological polar surface area (TPSA) is 76.5 Å². The minimum Gasteiger partial charge on any atom is -0.371 e. The summed E-state index contributed by atoms with van der Waals surface area (Å²) in [5, 5.41) is 6.99. The number of hydrogen-bond donors (Lipinski definition) is 1. The molecular weight excluding hydrogens is 320 g/mol. The van der Waals surface area contributed by atoms with Crippen molar-refractivity contribution >= 4 is 11.8 Å². The highest BCUT2D eigenvalue weighted by atomic mass is 16.5. The van der Waals surface area contributed by atoms with Gasteiger partial charge in [0.15, 0.2) is 0 Å². The Morgan fingerprint density at radius 3 is 2.84 bits per heavy atom. The van der Waals surface area contributed by atoms with Crippen molar-refractivity contribution in [2.75, 3.05) is 26.2 Å². The van der Waals surface area contributed by atoms with Crippen molar-refractivity contribution in [3.8, 4) is 0 Å². The summed E-state index contributed by atoms with van der Waals surface area (Å²) in [6, 6.07) is 1.71. The lowest BCUT2D eigenvalue weighted by molar-refractivity contribution is -0.166. The molecule has 1 aromatic rings. The second-order valence-electron chi connectivity index (χ2n) is 7.80. The van der Waals surface area contributed by atoms with Gasteiger partial charge >= 0.3 is 0 Å². The first kappa shape index (κ1) is 16.6. The molecule has 4 rings (SSSR count). The predicted molar refractivity (Wildman–Crippen MR) is 90.8 cm³/mol. The second-order valence-corrected chi connectivity index (χ2v) is 7.80. The van der Waals surface area contributed by atoms with E-state index in [2.05, 4.69) is 17.3 Å². The Balaban J connectivity index is 1.26. The third-order valence-electron chi connectivity index (χ3n) is 6.09. The van der Waals surface area contributed by atoms with Crippen LogP contribution >= 0.6 is 0 Å². The second kappa shape index (κ2) is 6.12. The molecule has 2 amide bonds. The molecule has 3 fully saturated rings. The number of carbonyl (C=O) groups is 2. The molecule has 0 unspecified atom stereocenters. The molecule has 3 atom stereocenters. The average molecular weight is 346 g/mol. The number of nitrogens with one attached hydrogen (secondary N) is 1. The van der Waals surface area contributed by atoms with Crippen LogP contribution in [0.1, 0.15) is 36.7 Å². The van der Waals surface area contributed by atoms with Crippen molar-refractivity contribution in [1.29, 1.82) is 0 Å². The Hall–Kier alpha value is -1.89. The molecule has 25 heavy (non-hydrogen) atoms. The van der Waals surface area contributed by atoms with Crippen LogP contribution in [0.2, 0.25) is 0 Å². The Labute approximate surface area is 147 Å². The average Bonchev–Trinajstić information content (AvgIpc) is 2.95. The lowest BCUT2D eigenvalue weighted by Crippen LogP contribution is -2.66. The standard InChI is InChI=1S/C18H26N4O3/c1-12-9-14(12)17(24)22-10-18(11-22)13(5-8-25-18)3-6-19-16(23)15-4-7-20-21(15)2/h4,7,12-14H,3,5-6,8-11H2,1-2H3,(H,19,23)/t12-,13-,14+/m1/s1. The number of nitrogens with zero attached hydrogens (tertiary/aromatic N) is 3. The zero-order valence-electron chi connectivity index (χ0n) is 14.9. The SMILES string of the molecule is C[C@@H]1C[C@@H]1C(=O)N1CC2(C1)OCC[C@H]2CCNC(=O)c1ccnn1C. The molecule has 3 heterocycles. The first-order chi connectivity index (χ1) is 12.0. The van der Waals surface area contributed by atoms with E-state index in [4.69, 9.17) is 4.74 Å². The van der Waals surface area contributed by atoms with E-state index >= 15 is 0 Å². The van der Waals surface area contributed by atoms with Crippen molar-refractivity contribution in [1.82, 2.24) is 20.0 Å². The van der Waals surface area contributed by atoms with Crippen molar-refractivity contribution < 1.29 is 14.3 Å². The monoisotopic (exact) mass is 346 g/mol. The molecule has 2 saturated heterocycles. The van der Waals surface area contributed by atoms with Crippen molar-refractivity contribution in [2.45, 2.75) is 31.8 Å². The fraction of sp³-hybridized carbons (Fsp3) is 0.722. The molecule has 2 aliphatic heterocycles. The van der Waals surface area contributed by atoms with E-state index in [9.17, 15) is 9.59 Å². The van der Waals surface area contributed by atoms with Gasteiger partial charge < -0.3 is 15.0 Å². The summed E-state index contributed by atoms with van der Waals surface area (Å²) in [5.41, 5.74) is 0.391. The van der Waals surface area contributed by atoms with Gasteiger partial charge in [-0.15, -0.1) is 0 Å². The number of hydrogen-bond acceptors (Lipinski definition) is 4. The number of ether oxygens (including phenoxy) is 1. The van der Waals surface area contributed by atoms with Gasteiger partial charge in [-0.3, -0.25) is 14.3 Å². The normalized spacial score (nSPS) is 29.5. The molecule has 1 spiro atoms. The third-order valence-corrected chi connectivity index (χ3v) is 6.09. The highest BCUT2D eigenvalue weighted by Crippen LogP contribution is 2.45. The summed E-state index contributed by atoms with van der Waals surface area (Å²) in [6.45, 7) is 4.94. The van der Waals surface area contributed by atoms with Gasteiger partial charge in [-0.2, -0.15) is 5.10 Å². The summed E-state index contributed by atoms with van der Waals surface area (Å²) in [7, 11) is 1.76. The van der Waals surface area contributed by atoms with Crippen LogP contribution in [0.4, 0.5) is 0 Å². The van der Waals surface area contributed by atoms with E-state index in [0.717, 1.165) is 39.0 Å². The van der Waals surface area contributed by atoms with Crippen LogP contribution in [0.15, 0.2) is 12.3 Å². The van der Waals surface area contributed by atoms with E-state index in [1.54, 1.807) is 24.0 Å². The maximum atomic E-state index is 12.3. The largest absolute Gasteiger partial charge is 0.371 e. The molecule has 0 radical (unpaired) electrons. The van der Waals surface area contributed by atoms with Crippen molar-refractivity contribution in [3.63, 3.8) is 0 Å². The van der Waals surface area contributed by atoms with Gasteiger partial charge in [0.1, 0.15) is 11.3 Å². The van der Waals surface area contributed by atoms with Crippen LogP contribution in [0.25, 0.3) is 0 Å². The van der Waals surface area contributed by atoms with E-state index in [1.165, 1.54) is 0 Å². The zero-order valence-corrected chi connectivity index (χ0v) is 14.9. The molecule has 7 nitrogen and oxygen atoms in total. The van der Waals surface area contributed by atoms with E-state index in [1.807, 2.05) is 4.90 Å². The van der Waals surface area contributed by atoms with E-state index < -0.39 is 0 Å². The summed E-state index contributed by atoms with van der Waals surface area (Å²) in [4.78, 5) is 26.4. The van der Waals surface area contributed by atoms with Crippen LogP contribution in [-0.2, 0) is 16.6 Å².